The first-order valence-electron chi connectivity index (χ1n) is 11.6. The van der Waals surface area contributed by atoms with Crippen LogP contribution in [0.25, 0.3) is 11.2 Å². The van der Waals surface area contributed by atoms with Gasteiger partial charge in [-0.3, -0.25) is 4.57 Å². The fraction of sp³-hybridized carbons (Fsp3) is 0.478. The van der Waals surface area contributed by atoms with Crippen LogP contribution in [0.4, 0.5) is 16.3 Å². The van der Waals surface area contributed by atoms with Gasteiger partial charge in [0.2, 0.25) is 0 Å². The van der Waals surface area contributed by atoms with Crippen LogP contribution in [-0.4, -0.2) is 86.2 Å². The lowest BCUT2D eigenvalue weighted by Crippen LogP contribution is -2.48. The van der Waals surface area contributed by atoms with Crippen LogP contribution in [0, 0.1) is 0 Å². The molecule has 0 saturated carbocycles. The Labute approximate surface area is 203 Å². The monoisotopic (exact) mass is 484 g/mol. The molecule has 0 bridgehead atoms. The largest absolute Gasteiger partial charge is 0.385 e. The minimum atomic E-state index is -1.73. The fourth-order valence-electron chi connectivity index (χ4n) is 4.20. The summed E-state index contributed by atoms with van der Waals surface area (Å²) in [6.07, 6.45) is 2.44. The van der Waals surface area contributed by atoms with Crippen LogP contribution in [0.2, 0.25) is 0 Å². The van der Waals surface area contributed by atoms with Gasteiger partial charge >= 0.3 is 6.03 Å². The van der Waals surface area contributed by atoms with Crippen molar-refractivity contribution in [3.8, 4) is 0 Å². The number of nitrogens with two attached hydrogens (primary N) is 1. The minimum absolute atomic E-state index is 0.122. The number of nitrogen functional groups attached to an aromatic ring is 1. The summed E-state index contributed by atoms with van der Waals surface area (Å²) in [6.45, 7) is 3.49. The number of aliphatic hydroxyl groups is 2. The number of rotatable bonds is 9. The highest BCUT2D eigenvalue weighted by atomic mass is 16.5. The van der Waals surface area contributed by atoms with Gasteiger partial charge in [-0.25, -0.2) is 19.7 Å². The Hall–Kier alpha value is -3.32. The standard InChI is InChI=1S/C23H32N8O4/c1-3-15-6-4-7-16(10-15)29-22(33)25-8-5-9-30(2)11-17-19(32)23(34,12-35-17)31-14-28-18-20(24)26-13-27-21(18)31/h4,6-7,10,13-14,17,19,32,34H,3,5,8-9,11-12H2,1-2H3,(H2,24,26,27)(H2,25,29,33)/t17-,19-,23+/m1/s1. The number of fused-ring (bicyclic) bond motifs is 1. The molecule has 0 spiro atoms. The van der Waals surface area contributed by atoms with Gasteiger partial charge in [0, 0.05) is 18.8 Å². The van der Waals surface area contributed by atoms with E-state index in [1.807, 2.05) is 36.2 Å². The number of urea groups is 1. The van der Waals surface area contributed by atoms with E-state index in [2.05, 4.69) is 32.5 Å². The number of carbonyl (C=O) groups is 1. The van der Waals surface area contributed by atoms with E-state index in [4.69, 9.17) is 10.5 Å². The number of aliphatic hydroxyl groups excluding tert-OH is 1. The molecule has 2 aromatic heterocycles. The molecule has 12 nitrogen and oxygen atoms in total. The van der Waals surface area contributed by atoms with Gasteiger partial charge in [-0.2, -0.15) is 0 Å². The summed E-state index contributed by atoms with van der Waals surface area (Å²) in [5.41, 5.74) is 6.69. The first-order valence-corrected chi connectivity index (χ1v) is 11.6. The second kappa shape index (κ2) is 10.5. The summed E-state index contributed by atoms with van der Waals surface area (Å²) in [7, 11) is 1.89. The molecule has 12 heteroatoms. The molecule has 1 fully saturated rings. The normalized spacial score (nSPS) is 22.1. The van der Waals surface area contributed by atoms with E-state index in [1.54, 1.807) is 0 Å². The third-order valence-corrected chi connectivity index (χ3v) is 6.20. The molecule has 1 aliphatic heterocycles. The Morgan fingerprint density at radius 1 is 1.37 bits per heavy atom. The van der Waals surface area contributed by atoms with Gasteiger partial charge < -0.3 is 36.2 Å². The molecule has 0 aliphatic carbocycles. The molecule has 1 saturated heterocycles. The lowest BCUT2D eigenvalue weighted by molar-refractivity contribution is -0.108. The predicted molar refractivity (Wildman–Crippen MR) is 131 cm³/mol. The number of hydrogen-bond acceptors (Lipinski definition) is 9. The first kappa shape index (κ1) is 24.8. The molecule has 1 aromatic carbocycles. The second-order valence-electron chi connectivity index (χ2n) is 8.77. The first-order chi connectivity index (χ1) is 16.8. The van der Waals surface area contributed by atoms with Crippen LogP contribution in [0.15, 0.2) is 36.9 Å². The molecule has 4 rings (SSSR count). The molecule has 188 valence electrons. The van der Waals surface area contributed by atoms with Crippen molar-refractivity contribution in [2.45, 2.75) is 37.7 Å². The zero-order valence-corrected chi connectivity index (χ0v) is 19.9. The summed E-state index contributed by atoms with van der Waals surface area (Å²) in [5, 5.41) is 27.8. The fourth-order valence-corrected chi connectivity index (χ4v) is 4.20. The molecule has 1 aliphatic rings. The third-order valence-electron chi connectivity index (χ3n) is 6.20. The Morgan fingerprint density at radius 2 is 2.20 bits per heavy atom. The number of nitrogens with one attached hydrogen (secondary N) is 2. The van der Waals surface area contributed by atoms with Crippen molar-refractivity contribution >= 4 is 28.7 Å². The molecule has 3 atom stereocenters. The number of benzene rings is 1. The highest BCUT2D eigenvalue weighted by molar-refractivity contribution is 5.89. The van der Waals surface area contributed by atoms with Crippen molar-refractivity contribution in [1.29, 1.82) is 0 Å². The van der Waals surface area contributed by atoms with E-state index < -0.39 is 17.9 Å². The number of aryl methyl sites for hydroxylation is 1. The second-order valence-corrected chi connectivity index (χ2v) is 8.77. The van der Waals surface area contributed by atoms with Crippen molar-refractivity contribution in [1.82, 2.24) is 29.7 Å². The van der Waals surface area contributed by atoms with E-state index in [9.17, 15) is 15.0 Å². The number of nitrogens with zero attached hydrogens (tertiary/aromatic N) is 5. The number of likely N-dealkylation sites (N-methyl/N-ethyl adjacent to an activating group) is 1. The molecule has 3 heterocycles. The molecule has 35 heavy (non-hydrogen) atoms. The number of carbonyl (C=O) groups excluding carboxylic acids is 1. The molecule has 0 radical (unpaired) electrons. The molecular weight excluding hydrogens is 452 g/mol. The number of ether oxygens (including phenoxy) is 1. The van der Waals surface area contributed by atoms with Crippen LogP contribution in [-0.2, 0) is 16.9 Å². The molecule has 0 unspecified atom stereocenters. The summed E-state index contributed by atoms with van der Waals surface area (Å²) in [5.74, 6) is 0.193. The van der Waals surface area contributed by atoms with Crippen LogP contribution in [0.3, 0.4) is 0 Å². The maximum Gasteiger partial charge on any atom is 0.319 e. The topological polar surface area (TPSA) is 164 Å². The lowest BCUT2D eigenvalue weighted by Gasteiger charge is -2.29. The maximum atomic E-state index is 12.1. The van der Waals surface area contributed by atoms with E-state index in [0.717, 1.165) is 17.7 Å². The SMILES string of the molecule is CCc1cccc(NC(=O)NCCCN(C)C[C@H]2OC[C@@](O)(n3cnc4c(N)ncnc43)[C@@H]2O)c1. The summed E-state index contributed by atoms with van der Waals surface area (Å²) in [6, 6.07) is 7.50. The Morgan fingerprint density at radius 3 is 3.00 bits per heavy atom. The van der Waals surface area contributed by atoms with Crippen LogP contribution in [0.5, 0.6) is 0 Å². The van der Waals surface area contributed by atoms with Gasteiger partial charge in [-0.05, 0) is 44.1 Å². The van der Waals surface area contributed by atoms with Gasteiger partial charge in [-0.15, -0.1) is 0 Å². The van der Waals surface area contributed by atoms with E-state index in [1.165, 1.54) is 17.2 Å². The van der Waals surface area contributed by atoms with Crippen molar-refractivity contribution in [2.75, 3.05) is 44.3 Å². The highest BCUT2D eigenvalue weighted by Gasteiger charge is 2.50. The average Bonchev–Trinajstić information content (AvgIpc) is 3.41. The van der Waals surface area contributed by atoms with Gasteiger partial charge in [0.1, 0.15) is 24.1 Å². The van der Waals surface area contributed by atoms with Gasteiger partial charge in [-0.1, -0.05) is 19.1 Å². The maximum absolute atomic E-state index is 12.1. The Balaban J connectivity index is 1.24. The number of amides is 2. The van der Waals surface area contributed by atoms with E-state index >= 15 is 0 Å². The van der Waals surface area contributed by atoms with Crippen molar-refractivity contribution in [2.24, 2.45) is 0 Å². The van der Waals surface area contributed by atoms with Gasteiger partial charge in [0.05, 0.1) is 12.9 Å². The lowest BCUT2D eigenvalue weighted by atomic mass is 10.0. The minimum Gasteiger partial charge on any atom is -0.385 e. The number of imidazole rings is 1. The summed E-state index contributed by atoms with van der Waals surface area (Å²) < 4.78 is 7.12. The summed E-state index contributed by atoms with van der Waals surface area (Å²) in [4.78, 5) is 26.3. The molecule has 3 aromatic rings. The van der Waals surface area contributed by atoms with Crippen molar-refractivity contribution in [3.63, 3.8) is 0 Å². The molecule has 6 N–H and O–H groups in total. The Bertz CT molecular complexity index is 1170. The van der Waals surface area contributed by atoms with Crippen molar-refractivity contribution in [3.05, 3.63) is 42.5 Å². The van der Waals surface area contributed by atoms with Crippen molar-refractivity contribution < 1.29 is 19.7 Å². The van der Waals surface area contributed by atoms with E-state index in [-0.39, 0.29) is 18.5 Å². The zero-order valence-electron chi connectivity index (χ0n) is 19.9. The number of anilines is 2. The number of aromatic nitrogens is 4. The van der Waals surface area contributed by atoms with Gasteiger partial charge in [0.15, 0.2) is 17.2 Å². The smallest absolute Gasteiger partial charge is 0.319 e. The summed E-state index contributed by atoms with van der Waals surface area (Å²) >= 11 is 0. The Kier molecular flexibility index (Phi) is 7.45. The number of hydrogen-bond donors (Lipinski definition) is 5. The van der Waals surface area contributed by atoms with E-state index in [0.29, 0.717) is 37.2 Å². The quantitative estimate of drug-likeness (QED) is 0.272. The third kappa shape index (κ3) is 5.35. The van der Waals surface area contributed by atoms with Gasteiger partial charge in [0.25, 0.3) is 0 Å². The molecule has 2 amide bonds. The highest BCUT2D eigenvalue weighted by Crippen LogP contribution is 2.32. The zero-order chi connectivity index (χ0) is 25.0. The van der Waals surface area contributed by atoms with Crippen LogP contribution >= 0.6 is 0 Å². The average molecular weight is 485 g/mol. The van der Waals surface area contributed by atoms with Crippen LogP contribution in [0.1, 0.15) is 18.9 Å². The molecular formula is C23H32N8O4. The van der Waals surface area contributed by atoms with Crippen LogP contribution < -0.4 is 16.4 Å². The predicted octanol–water partition coefficient (Wildman–Crippen LogP) is 0.519.